The molecule has 1 saturated carbocycles. The fourth-order valence-electron chi connectivity index (χ4n) is 2.18. The molecule has 5 heteroatoms. The molecule has 0 aliphatic heterocycles. The summed E-state index contributed by atoms with van der Waals surface area (Å²) in [6.45, 7) is 0. The standard InChI is InChI=1S/C13H17BrN2OS/c1-17-12-7-9(14)6-11(8-12)16-13(18)15-10-4-2-3-5-10/h6-8,10H,2-5H2,1H3,(H2,15,16,18). The van der Waals surface area contributed by atoms with Gasteiger partial charge in [-0.2, -0.15) is 0 Å². The van der Waals surface area contributed by atoms with E-state index in [0.29, 0.717) is 11.2 Å². The highest BCUT2D eigenvalue weighted by atomic mass is 79.9. The third kappa shape index (κ3) is 3.85. The zero-order chi connectivity index (χ0) is 13.0. The Hall–Kier alpha value is -0.810. The number of methoxy groups -OCH3 is 1. The molecule has 1 fully saturated rings. The monoisotopic (exact) mass is 328 g/mol. The quantitative estimate of drug-likeness (QED) is 0.829. The van der Waals surface area contributed by atoms with Crippen LogP contribution in [-0.4, -0.2) is 18.3 Å². The van der Waals surface area contributed by atoms with Crippen molar-refractivity contribution in [2.45, 2.75) is 31.7 Å². The second-order valence-corrected chi connectivity index (χ2v) is 5.78. The molecular weight excluding hydrogens is 312 g/mol. The van der Waals surface area contributed by atoms with Gasteiger partial charge in [-0.3, -0.25) is 0 Å². The molecule has 0 heterocycles. The minimum absolute atomic E-state index is 0.527. The van der Waals surface area contributed by atoms with E-state index < -0.39 is 0 Å². The SMILES string of the molecule is COc1cc(Br)cc(NC(=S)NC2CCCC2)c1. The van der Waals surface area contributed by atoms with Crippen LogP contribution < -0.4 is 15.4 Å². The third-order valence-electron chi connectivity index (χ3n) is 3.06. The van der Waals surface area contributed by atoms with E-state index in [1.54, 1.807) is 7.11 Å². The molecule has 0 amide bonds. The van der Waals surface area contributed by atoms with E-state index in [1.165, 1.54) is 25.7 Å². The molecule has 98 valence electrons. The number of hydrogen-bond donors (Lipinski definition) is 2. The summed E-state index contributed by atoms with van der Waals surface area (Å²) in [5, 5.41) is 7.23. The summed E-state index contributed by atoms with van der Waals surface area (Å²) in [5.74, 6) is 0.801. The van der Waals surface area contributed by atoms with Crippen LogP contribution in [0.1, 0.15) is 25.7 Å². The van der Waals surface area contributed by atoms with Crippen molar-refractivity contribution in [3.05, 3.63) is 22.7 Å². The van der Waals surface area contributed by atoms with Crippen LogP contribution in [0.2, 0.25) is 0 Å². The molecule has 1 aromatic carbocycles. The molecule has 1 aliphatic carbocycles. The van der Waals surface area contributed by atoms with Crippen molar-refractivity contribution in [2.24, 2.45) is 0 Å². The van der Waals surface area contributed by atoms with Gasteiger partial charge in [0.1, 0.15) is 5.75 Å². The number of ether oxygens (including phenoxy) is 1. The summed E-state index contributed by atoms with van der Waals surface area (Å²) >= 11 is 8.77. The minimum Gasteiger partial charge on any atom is -0.497 e. The highest BCUT2D eigenvalue weighted by molar-refractivity contribution is 9.10. The zero-order valence-corrected chi connectivity index (χ0v) is 12.7. The Kier molecular flexibility index (Phi) is 4.83. The summed E-state index contributed by atoms with van der Waals surface area (Å²) in [4.78, 5) is 0. The van der Waals surface area contributed by atoms with Crippen molar-refractivity contribution in [1.29, 1.82) is 0 Å². The summed E-state index contributed by atoms with van der Waals surface area (Å²) in [6, 6.07) is 6.34. The topological polar surface area (TPSA) is 33.3 Å². The lowest BCUT2D eigenvalue weighted by atomic mass is 10.2. The van der Waals surface area contributed by atoms with Gasteiger partial charge in [-0.25, -0.2) is 0 Å². The molecule has 18 heavy (non-hydrogen) atoms. The van der Waals surface area contributed by atoms with Gasteiger partial charge in [-0.1, -0.05) is 28.8 Å². The van der Waals surface area contributed by atoms with Crippen molar-refractivity contribution in [3.8, 4) is 5.75 Å². The molecule has 0 bridgehead atoms. The highest BCUT2D eigenvalue weighted by Gasteiger charge is 2.15. The summed E-state index contributed by atoms with van der Waals surface area (Å²) in [5.41, 5.74) is 0.928. The molecule has 2 rings (SSSR count). The Balaban J connectivity index is 1.95. The van der Waals surface area contributed by atoms with Gasteiger partial charge >= 0.3 is 0 Å². The van der Waals surface area contributed by atoms with Gasteiger partial charge in [0.05, 0.1) is 7.11 Å². The van der Waals surface area contributed by atoms with Gasteiger partial charge < -0.3 is 15.4 Å². The Morgan fingerprint density at radius 1 is 1.33 bits per heavy atom. The second kappa shape index (κ2) is 6.38. The number of rotatable bonds is 3. The van der Waals surface area contributed by atoms with E-state index in [9.17, 15) is 0 Å². The molecule has 0 unspecified atom stereocenters. The predicted molar refractivity (Wildman–Crippen MR) is 82.3 cm³/mol. The van der Waals surface area contributed by atoms with E-state index >= 15 is 0 Å². The number of anilines is 1. The maximum absolute atomic E-state index is 5.32. The largest absolute Gasteiger partial charge is 0.497 e. The van der Waals surface area contributed by atoms with Crippen molar-refractivity contribution in [2.75, 3.05) is 12.4 Å². The lowest BCUT2D eigenvalue weighted by Gasteiger charge is -2.16. The van der Waals surface area contributed by atoms with Crippen LogP contribution in [0.5, 0.6) is 5.75 Å². The van der Waals surface area contributed by atoms with Gasteiger partial charge in [0.25, 0.3) is 0 Å². The van der Waals surface area contributed by atoms with Crippen molar-refractivity contribution >= 4 is 38.9 Å². The molecule has 0 spiro atoms. The van der Waals surface area contributed by atoms with E-state index in [2.05, 4.69) is 26.6 Å². The molecule has 3 nitrogen and oxygen atoms in total. The molecular formula is C13H17BrN2OS. The third-order valence-corrected chi connectivity index (χ3v) is 3.73. The number of halogens is 1. The first-order valence-electron chi connectivity index (χ1n) is 6.09. The number of nitrogens with one attached hydrogen (secondary N) is 2. The van der Waals surface area contributed by atoms with Gasteiger partial charge in [-0.05, 0) is 37.2 Å². The van der Waals surface area contributed by atoms with Crippen LogP contribution in [0.15, 0.2) is 22.7 Å². The summed E-state index contributed by atoms with van der Waals surface area (Å²) in [7, 11) is 1.65. The van der Waals surface area contributed by atoms with E-state index in [0.717, 1.165) is 15.9 Å². The zero-order valence-electron chi connectivity index (χ0n) is 10.3. The Morgan fingerprint density at radius 2 is 2.06 bits per heavy atom. The first kappa shape index (κ1) is 13.6. The van der Waals surface area contributed by atoms with Crippen LogP contribution in [0.4, 0.5) is 5.69 Å². The molecule has 0 radical (unpaired) electrons. The Labute approximate surface area is 121 Å². The summed E-state index contributed by atoms with van der Waals surface area (Å²) in [6.07, 6.45) is 5.02. The smallest absolute Gasteiger partial charge is 0.170 e. The molecule has 0 saturated heterocycles. The van der Waals surface area contributed by atoms with Gasteiger partial charge in [0.2, 0.25) is 0 Å². The minimum atomic E-state index is 0.527. The average molecular weight is 329 g/mol. The van der Waals surface area contributed by atoms with Gasteiger partial charge in [0, 0.05) is 22.3 Å². The van der Waals surface area contributed by atoms with Crippen molar-refractivity contribution in [1.82, 2.24) is 5.32 Å². The predicted octanol–water partition coefficient (Wildman–Crippen LogP) is 3.69. The van der Waals surface area contributed by atoms with Gasteiger partial charge in [-0.15, -0.1) is 0 Å². The normalized spacial score (nSPS) is 15.4. The first-order valence-corrected chi connectivity index (χ1v) is 7.29. The van der Waals surface area contributed by atoms with Crippen LogP contribution in [0, 0.1) is 0 Å². The van der Waals surface area contributed by atoms with Crippen LogP contribution in [-0.2, 0) is 0 Å². The summed E-state index contributed by atoms with van der Waals surface area (Å²) < 4.78 is 6.18. The van der Waals surface area contributed by atoms with Crippen molar-refractivity contribution < 1.29 is 4.74 Å². The molecule has 2 N–H and O–H groups in total. The Morgan fingerprint density at radius 3 is 2.72 bits per heavy atom. The number of benzene rings is 1. The van der Waals surface area contributed by atoms with Crippen molar-refractivity contribution in [3.63, 3.8) is 0 Å². The number of thiocarbonyl (C=S) groups is 1. The maximum Gasteiger partial charge on any atom is 0.170 e. The van der Waals surface area contributed by atoms with E-state index in [-0.39, 0.29) is 0 Å². The van der Waals surface area contributed by atoms with Gasteiger partial charge in [0.15, 0.2) is 5.11 Å². The highest BCUT2D eigenvalue weighted by Crippen LogP contribution is 2.24. The molecule has 0 aromatic heterocycles. The lowest BCUT2D eigenvalue weighted by molar-refractivity contribution is 0.415. The number of hydrogen-bond acceptors (Lipinski definition) is 2. The molecule has 0 atom stereocenters. The fraction of sp³-hybridized carbons (Fsp3) is 0.462. The second-order valence-electron chi connectivity index (χ2n) is 4.46. The molecule has 1 aliphatic rings. The van der Waals surface area contributed by atoms with E-state index in [1.807, 2.05) is 18.2 Å². The van der Waals surface area contributed by atoms with Crippen LogP contribution >= 0.6 is 28.1 Å². The first-order chi connectivity index (χ1) is 8.67. The maximum atomic E-state index is 5.32. The Bertz CT molecular complexity index is 433. The average Bonchev–Trinajstić information content (AvgIpc) is 2.80. The fourth-order valence-corrected chi connectivity index (χ4v) is 2.93. The van der Waals surface area contributed by atoms with E-state index in [4.69, 9.17) is 17.0 Å². The lowest BCUT2D eigenvalue weighted by Crippen LogP contribution is -2.35. The molecule has 1 aromatic rings. The van der Waals surface area contributed by atoms with Crippen LogP contribution in [0.25, 0.3) is 0 Å². The van der Waals surface area contributed by atoms with Crippen LogP contribution in [0.3, 0.4) is 0 Å².